The molecule has 0 aliphatic heterocycles. The Morgan fingerprint density at radius 3 is 2.41 bits per heavy atom. The molecule has 27 heavy (non-hydrogen) atoms. The Kier molecular flexibility index (Phi) is 6.68. The van der Waals surface area contributed by atoms with Crippen LogP contribution in [0.15, 0.2) is 48.5 Å². The summed E-state index contributed by atoms with van der Waals surface area (Å²) in [5, 5.41) is 5.69. The molecule has 0 aliphatic carbocycles. The lowest BCUT2D eigenvalue weighted by atomic mass is 10.2. The minimum absolute atomic E-state index is 0.162. The first-order valence-electron chi connectivity index (χ1n) is 7.85. The molecule has 5 nitrogen and oxygen atoms in total. The fourth-order valence-electron chi connectivity index (χ4n) is 2.19. The van der Waals surface area contributed by atoms with Gasteiger partial charge in [0.05, 0.1) is 18.7 Å². The minimum Gasteiger partial charge on any atom is -0.376 e. The van der Waals surface area contributed by atoms with Crippen LogP contribution < -0.4 is 10.6 Å². The van der Waals surface area contributed by atoms with Gasteiger partial charge in [-0.2, -0.15) is 13.2 Å². The third-order valence-corrected chi connectivity index (χ3v) is 3.78. The third kappa shape index (κ3) is 6.49. The van der Waals surface area contributed by atoms with Gasteiger partial charge in [0.1, 0.15) is 0 Å². The first-order chi connectivity index (χ1) is 12.6. The second kappa shape index (κ2) is 8.77. The smallest absolute Gasteiger partial charge is 0.376 e. The van der Waals surface area contributed by atoms with Crippen molar-refractivity contribution in [2.75, 3.05) is 30.8 Å². The number of carbonyl (C=O) groups is 2. The van der Waals surface area contributed by atoms with Crippen molar-refractivity contribution in [3.63, 3.8) is 0 Å². The van der Waals surface area contributed by atoms with Gasteiger partial charge in [-0.3, -0.25) is 9.59 Å². The molecule has 0 atom stereocenters. The molecular weight excluding hydrogens is 383 g/mol. The summed E-state index contributed by atoms with van der Waals surface area (Å²) in [6.45, 7) is -0.460. The van der Waals surface area contributed by atoms with Gasteiger partial charge in [0.25, 0.3) is 0 Å². The molecule has 0 heterocycles. The first-order valence-corrected chi connectivity index (χ1v) is 8.23. The molecule has 9 heteroatoms. The van der Waals surface area contributed by atoms with E-state index in [-0.39, 0.29) is 18.8 Å². The number of rotatable bonds is 6. The Hall–Kier alpha value is -2.74. The van der Waals surface area contributed by atoms with Crippen molar-refractivity contribution in [2.45, 2.75) is 6.18 Å². The number of amides is 2. The van der Waals surface area contributed by atoms with Gasteiger partial charge in [0, 0.05) is 23.4 Å². The van der Waals surface area contributed by atoms with Gasteiger partial charge >= 0.3 is 6.18 Å². The maximum Gasteiger partial charge on any atom is 0.416 e. The van der Waals surface area contributed by atoms with Gasteiger partial charge in [0.15, 0.2) is 0 Å². The zero-order chi connectivity index (χ0) is 20.0. The predicted octanol–water partition coefficient (Wildman–Crippen LogP) is 3.87. The number of nitrogens with one attached hydrogen (secondary N) is 2. The number of alkyl halides is 3. The predicted molar refractivity (Wildman–Crippen MR) is 97.7 cm³/mol. The third-order valence-electron chi connectivity index (χ3n) is 3.55. The zero-order valence-electron chi connectivity index (χ0n) is 14.3. The summed E-state index contributed by atoms with van der Waals surface area (Å²) in [5.74, 6) is -0.874. The van der Waals surface area contributed by atoms with E-state index in [0.717, 1.165) is 12.1 Å². The van der Waals surface area contributed by atoms with Crippen molar-refractivity contribution >= 4 is 34.8 Å². The molecule has 2 N–H and O–H groups in total. The number of likely N-dealkylation sites (N-methyl/N-ethyl adjacent to an activating group) is 1. The average molecular weight is 400 g/mol. The van der Waals surface area contributed by atoms with E-state index in [1.165, 1.54) is 24.1 Å². The van der Waals surface area contributed by atoms with Crippen molar-refractivity contribution in [3.05, 3.63) is 59.1 Å². The highest BCUT2D eigenvalue weighted by Crippen LogP contribution is 2.30. The van der Waals surface area contributed by atoms with Crippen LogP contribution in [0.1, 0.15) is 5.56 Å². The minimum atomic E-state index is -4.46. The number of nitrogens with zero attached hydrogens (tertiary/aromatic N) is 1. The summed E-state index contributed by atoms with van der Waals surface area (Å²) in [7, 11) is 1.42. The monoisotopic (exact) mass is 399 g/mol. The van der Waals surface area contributed by atoms with Gasteiger partial charge < -0.3 is 15.5 Å². The standard InChI is InChI=1S/C18H17ClF3N3O2/c1-25(11-16(26)24-15-7-3-5-13(19)9-15)17(27)10-23-14-6-2-4-12(8-14)18(20,21)22/h2-9,23H,10-11H2,1H3,(H,24,26). The molecule has 0 fully saturated rings. The highest BCUT2D eigenvalue weighted by molar-refractivity contribution is 6.30. The Balaban J connectivity index is 1.86. The molecule has 0 radical (unpaired) electrons. The molecule has 0 spiro atoms. The van der Waals surface area contributed by atoms with Gasteiger partial charge in [-0.15, -0.1) is 0 Å². The Labute approximate surface area is 159 Å². The van der Waals surface area contributed by atoms with Gasteiger partial charge in [0.2, 0.25) is 11.8 Å². The van der Waals surface area contributed by atoms with Gasteiger partial charge in [-0.25, -0.2) is 0 Å². The van der Waals surface area contributed by atoms with Gasteiger partial charge in [-0.1, -0.05) is 23.7 Å². The van der Waals surface area contributed by atoms with E-state index in [2.05, 4.69) is 10.6 Å². The molecule has 2 rings (SSSR count). The maximum atomic E-state index is 12.7. The van der Waals surface area contributed by atoms with Crippen LogP contribution >= 0.6 is 11.6 Å². The van der Waals surface area contributed by atoms with Crippen LogP contribution in [-0.4, -0.2) is 36.9 Å². The zero-order valence-corrected chi connectivity index (χ0v) is 15.1. The van der Waals surface area contributed by atoms with Crippen molar-refractivity contribution < 1.29 is 22.8 Å². The fraction of sp³-hybridized carbons (Fsp3) is 0.222. The summed E-state index contributed by atoms with van der Waals surface area (Å²) in [6, 6.07) is 11.1. The number of anilines is 2. The number of carbonyl (C=O) groups excluding carboxylic acids is 2. The molecular formula is C18H17ClF3N3O2. The molecule has 2 aromatic carbocycles. The van der Waals surface area contributed by atoms with Crippen molar-refractivity contribution in [3.8, 4) is 0 Å². The number of hydrogen-bond donors (Lipinski definition) is 2. The number of hydrogen-bond acceptors (Lipinski definition) is 3. The maximum absolute atomic E-state index is 12.7. The lowest BCUT2D eigenvalue weighted by Gasteiger charge is -2.18. The van der Waals surface area contributed by atoms with Crippen LogP contribution in [0, 0.1) is 0 Å². The van der Waals surface area contributed by atoms with Crippen LogP contribution in [-0.2, 0) is 15.8 Å². The highest BCUT2D eigenvalue weighted by Gasteiger charge is 2.30. The second-order valence-corrected chi connectivity index (χ2v) is 6.18. The van der Waals surface area contributed by atoms with Crippen molar-refractivity contribution in [1.82, 2.24) is 4.90 Å². The van der Waals surface area contributed by atoms with Crippen LogP contribution in [0.4, 0.5) is 24.5 Å². The Morgan fingerprint density at radius 2 is 1.74 bits per heavy atom. The van der Waals surface area contributed by atoms with E-state index >= 15 is 0 Å². The number of halogens is 4. The molecule has 144 valence electrons. The van der Waals surface area contributed by atoms with E-state index in [4.69, 9.17) is 11.6 Å². The lowest BCUT2D eigenvalue weighted by molar-refractivity contribution is -0.137. The first kappa shape index (κ1) is 20.6. The van der Waals surface area contributed by atoms with Crippen molar-refractivity contribution in [2.24, 2.45) is 0 Å². The molecule has 2 amide bonds. The molecule has 0 saturated heterocycles. The van der Waals surface area contributed by atoms with Crippen LogP contribution in [0.5, 0.6) is 0 Å². The molecule has 0 aromatic heterocycles. The summed E-state index contributed by atoms with van der Waals surface area (Å²) in [4.78, 5) is 25.2. The van der Waals surface area contributed by atoms with Crippen LogP contribution in [0.25, 0.3) is 0 Å². The quantitative estimate of drug-likeness (QED) is 0.775. The van der Waals surface area contributed by atoms with Crippen LogP contribution in [0.3, 0.4) is 0 Å². The molecule has 0 unspecified atom stereocenters. The van der Waals surface area contributed by atoms with E-state index < -0.39 is 23.6 Å². The average Bonchev–Trinajstić information content (AvgIpc) is 2.59. The van der Waals surface area contributed by atoms with Crippen molar-refractivity contribution in [1.29, 1.82) is 0 Å². The molecule has 0 saturated carbocycles. The Morgan fingerprint density at radius 1 is 1.07 bits per heavy atom. The Bertz CT molecular complexity index is 827. The van der Waals surface area contributed by atoms with Crippen LogP contribution in [0.2, 0.25) is 5.02 Å². The summed E-state index contributed by atoms with van der Waals surface area (Å²) in [5.41, 5.74) is -0.153. The highest BCUT2D eigenvalue weighted by atomic mass is 35.5. The summed E-state index contributed by atoms with van der Waals surface area (Å²) in [6.07, 6.45) is -4.46. The fourth-order valence-corrected chi connectivity index (χ4v) is 2.38. The topological polar surface area (TPSA) is 61.4 Å². The SMILES string of the molecule is CN(CC(=O)Nc1cccc(Cl)c1)C(=O)CNc1cccc(C(F)(F)F)c1. The van der Waals surface area contributed by atoms with E-state index in [0.29, 0.717) is 10.7 Å². The van der Waals surface area contributed by atoms with E-state index in [1.54, 1.807) is 24.3 Å². The van der Waals surface area contributed by atoms with E-state index in [1.807, 2.05) is 0 Å². The molecule has 2 aromatic rings. The number of benzene rings is 2. The molecule has 0 bridgehead atoms. The van der Waals surface area contributed by atoms with E-state index in [9.17, 15) is 22.8 Å². The second-order valence-electron chi connectivity index (χ2n) is 5.74. The van der Waals surface area contributed by atoms with Gasteiger partial charge in [-0.05, 0) is 36.4 Å². The largest absolute Gasteiger partial charge is 0.416 e. The normalized spacial score (nSPS) is 11.0. The molecule has 0 aliphatic rings. The summed E-state index contributed by atoms with van der Waals surface area (Å²) < 4.78 is 38.1. The summed E-state index contributed by atoms with van der Waals surface area (Å²) >= 11 is 5.83. The lowest BCUT2D eigenvalue weighted by Crippen LogP contribution is -2.38.